The van der Waals surface area contributed by atoms with Crippen molar-refractivity contribution in [2.75, 3.05) is 31.0 Å². The third-order valence-electron chi connectivity index (χ3n) is 4.71. The summed E-state index contributed by atoms with van der Waals surface area (Å²) in [5, 5.41) is 17.7. The molecule has 0 atom stereocenters. The Labute approximate surface area is 182 Å². The molecule has 13 heteroatoms. The molecule has 0 spiro atoms. The predicted octanol–water partition coefficient (Wildman–Crippen LogP) is 1.47. The average molecular weight is 464 g/mol. The highest BCUT2D eigenvalue weighted by Gasteiger charge is 2.35. The van der Waals surface area contributed by atoms with Gasteiger partial charge in [0, 0.05) is 13.1 Å². The number of benzene rings is 1. The first-order chi connectivity index (χ1) is 14.8. The number of rotatable bonds is 6. The van der Waals surface area contributed by atoms with E-state index in [1.54, 1.807) is 22.9 Å². The number of nitrogens with zero attached hydrogens (tertiary/aromatic N) is 5. The first-order valence-corrected chi connectivity index (χ1v) is 11.3. The Morgan fingerprint density at radius 1 is 1.26 bits per heavy atom. The summed E-state index contributed by atoms with van der Waals surface area (Å²) in [6, 6.07) is 6.55. The van der Waals surface area contributed by atoms with Gasteiger partial charge in [-0.2, -0.15) is 5.10 Å². The van der Waals surface area contributed by atoms with Crippen LogP contribution in [0.4, 0.5) is 11.4 Å². The van der Waals surface area contributed by atoms with Crippen LogP contribution in [0.3, 0.4) is 0 Å². The fourth-order valence-corrected chi connectivity index (χ4v) is 4.72. The maximum Gasteiger partial charge on any atom is 0.273 e. The number of anilines is 2. The molecule has 3 heterocycles. The Kier molecular flexibility index (Phi) is 5.50. The molecule has 1 amide bonds. The summed E-state index contributed by atoms with van der Waals surface area (Å²) in [6.07, 6.45) is 1.50. The minimum absolute atomic E-state index is 0.0482. The molecule has 4 rings (SSSR count). The van der Waals surface area contributed by atoms with E-state index in [2.05, 4.69) is 30.9 Å². The van der Waals surface area contributed by atoms with Gasteiger partial charge in [0.25, 0.3) is 5.91 Å². The van der Waals surface area contributed by atoms with Gasteiger partial charge >= 0.3 is 0 Å². The molecule has 1 fully saturated rings. The topological polar surface area (TPSA) is 141 Å². The van der Waals surface area contributed by atoms with Crippen molar-refractivity contribution in [3.8, 4) is 17.1 Å². The van der Waals surface area contributed by atoms with Crippen LogP contribution >= 0.6 is 11.6 Å². The van der Waals surface area contributed by atoms with Gasteiger partial charge in [-0.1, -0.05) is 17.7 Å². The maximum absolute atomic E-state index is 12.1. The Morgan fingerprint density at radius 2 is 2.03 bits per heavy atom. The van der Waals surface area contributed by atoms with Crippen LogP contribution in [0.5, 0.6) is 5.75 Å². The molecule has 0 bridgehead atoms. The highest BCUT2D eigenvalue weighted by atomic mass is 35.5. The van der Waals surface area contributed by atoms with Gasteiger partial charge in [0.05, 0.1) is 41.6 Å². The molecular weight excluding hydrogens is 446 g/mol. The van der Waals surface area contributed by atoms with Crippen molar-refractivity contribution in [2.45, 2.75) is 6.04 Å². The quantitative estimate of drug-likeness (QED) is 0.555. The molecule has 1 aliphatic heterocycles. The van der Waals surface area contributed by atoms with E-state index in [1.165, 1.54) is 26.6 Å². The molecular formula is C18H18ClN7O4S. The van der Waals surface area contributed by atoms with Gasteiger partial charge in [-0.15, -0.1) is 10.2 Å². The van der Waals surface area contributed by atoms with Crippen LogP contribution in [-0.2, 0) is 9.84 Å². The molecule has 11 nitrogen and oxygen atoms in total. The van der Waals surface area contributed by atoms with Crippen molar-refractivity contribution in [3.05, 3.63) is 41.4 Å². The molecule has 162 valence electrons. The van der Waals surface area contributed by atoms with Gasteiger partial charge in [-0.3, -0.25) is 4.79 Å². The van der Waals surface area contributed by atoms with Gasteiger partial charge < -0.3 is 15.4 Å². The number of aromatic nitrogens is 5. The molecule has 2 N–H and O–H groups in total. The van der Waals surface area contributed by atoms with Crippen molar-refractivity contribution in [3.63, 3.8) is 0 Å². The average Bonchev–Trinajstić information content (AvgIpc) is 3.21. The second kappa shape index (κ2) is 8.12. The van der Waals surface area contributed by atoms with Crippen LogP contribution in [0, 0.1) is 0 Å². The molecule has 1 aliphatic rings. The number of amides is 1. The zero-order valence-electron chi connectivity index (χ0n) is 16.5. The number of nitrogens with one attached hydrogen (secondary N) is 2. The smallest absolute Gasteiger partial charge is 0.273 e. The number of sulfone groups is 1. The third-order valence-corrected chi connectivity index (χ3v) is 6.68. The minimum atomic E-state index is -2.98. The lowest BCUT2D eigenvalue weighted by Gasteiger charge is -2.25. The number of ether oxygens (including phenoxy) is 1. The largest absolute Gasteiger partial charge is 0.494 e. The van der Waals surface area contributed by atoms with E-state index in [0.29, 0.717) is 28.5 Å². The second-order valence-electron chi connectivity index (χ2n) is 6.80. The van der Waals surface area contributed by atoms with Crippen LogP contribution in [0.1, 0.15) is 16.5 Å². The fourth-order valence-electron chi connectivity index (χ4n) is 3.19. The first kappa shape index (κ1) is 21.0. The molecule has 1 saturated heterocycles. The van der Waals surface area contributed by atoms with Crippen molar-refractivity contribution in [2.24, 2.45) is 0 Å². The minimum Gasteiger partial charge on any atom is -0.494 e. The van der Waals surface area contributed by atoms with Gasteiger partial charge in [0.1, 0.15) is 6.33 Å². The summed E-state index contributed by atoms with van der Waals surface area (Å²) in [5.41, 5.74) is 1.51. The summed E-state index contributed by atoms with van der Waals surface area (Å²) in [7, 11) is -0.000970. The van der Waals surface area contributed by atoms with Gasteiger partial charge in [-0.05, 0) is 12.1 Å². The normalized spacial score (nSPS) is 15.2. The van der Waals surface area contributed by atoms with Crippen LogP contribution in [-0.4, -0.2) is 64.9 Å². The fraction of sp³-hybridized carbons (Fsp3) is 0.278. The monoisotopic (exact) mass is 463 g/mol. The summed E-state index contributed by atoms with van der Waals surface area (Å²) in [6.45, 7) is 0. The maximum atomic E-state index is 12.1. The Bertz CT molecular complexity index is 1250. The number of halogens is 1. The van der Waals surface area contributed by atoms with E-state index in [0.717, 1.165) is 0 Å². The number of methoxy groups -OCH3 is 1. The van der Waals surface area contributed by atoms with Gasteiger partial charge in [0.2, 0.25) is 0 Å². The number of hydrogen-bond donors (Lipinski definition) is 2. The number of para-hydroxylation sites is 1. The lowest BCUT2D eigenvalue weighted by Crippen LogP contribution is -2.38. The zero-order chi connectivity index (χ0) is 22.2. The Balaban J connectivity index is 1.68. The van der Waals surface area contributed by atoms with Crippen LogP contribution in [0.2, 0.25) is 5.15 Å². The van der Waals surface area contributed by atoms with Crippen molar-refractivity contribution in [1.82, 2.24) is 30.3 Å². The van der Waals surface area contributed by atoms with E-state index in [4.69, 9.17) is 16.3 Å². The zero-order valence-corrected chi connectivity index (χ0v) is 18.1. The summed E-state index contributed by atoms with van der Waals surface area (Å²) in [4.78, 5) is 16.4. The lowest BCUT2D eigenvalue weighted by molar-refractivity contribution is 0.0958. The third kappa shape index (κ3) is 4.16. The van der Waals surface area contributed by atoms with Gasteiger partial charge in [0.15, 0.2) is 32.3 Å². The van der Waals surface area contributed by atoms with E-state index < -0.39 is 15.7 Å². The van der Waals surface area contributed by atoms with Gasteiger partial charge in [-0.25, -0.2) is 18.1 Å². The molecule has 0 aliphatic carbocycles. The van der Waals surface area contributed by atoms with Crippen molar-refractivity contribution in [1.29, 1.82) is 0 Å². The highest BCUT2D eigenvalue weighted by Crippen LogP contribution is 2.37. The molecule has 0 unspecified atom stereocenters. The van der Waals surface area contributed by atoms with E-state index in [-0.39, 0.29) is 28.4 Å². The lowest BCUT2D eigenvalue weighted by atomic mass is 10.1. The van der Waals surface area contributed by atoms with Crippen LogP contribution < -0.4 is 15.4 Å². The highest BCUT2D eigenvalue weighted by molar-refractivity contribution is 7.92. The Hall–Kier alpha value is -3.25. The Morgan fingerprint density at radius 3 is 2.71 bits per heavy atom. The first-order valence-electron chi connectivity index (χ1n) is 9.12. The second-order valence-corrected chi connectivity index (χ2v) is 9.34. The van der Waals surface area contributed by atoms with E-state index in [9.17, 15) is 13.2 Å². The number of carbonyl (C=O) groups excluding carboxylic acids is 1. The van der Waals surface area contributed by atoms with E-state index in [1.807, 2.05) is 0 Å². The molecule has 2 aromatic heterocycles. The van der Waals surface area contributed by atoms with Crippen LogP contribution in [0.25, 0.3) is 11.4 Å². The standard InChI is InChI=1S/C18H18ClN7O4S/c1-20-18(27)15-13(6-14(19)23-24-15)22-12-5-3-4-11(16(12)30-2)17-21-9-26(25-17)10-7-31(28,29)8-10/h3-6,9-10H,7-8H2,1-2H3,(H,20,27)(H,22,23). The number of carbonyl (C=O) groups is 1. The molecule has 3 aromatic rings. The molecule has 31 heavy (non-hydrogen) atoms. The van der Waals surface area contributed by atoms with Crippen molar-refractivity contribution < 1.29 is 17.9 Å². The predicted molar refractivity (Wildman–Crippen MR) is 113 cm³/mol. The molecule has 0 radical (unpaired) electrons. The van der Waals surface area contributed by atoms with Crippen LogP contribution in [0.15, 0.2) is 30.6 Å². The SMILES string of the molecule is CNC(=O)c1nnc(Cl)cc1Nc1cccc(-c2ncn(C3CS(=O)(=O)C3)n2)c1OC. The summed E-state index contributed by atoms with van der Waals surface area (Å²) < 4.78 is 30.0. The molecule has 1 aromatic carbocycles. The molecule has 0 saturated carbocycles. The summed E-state index contributed by atoms with van der Waals surface area (Å²) in [5.74, 6) is 0.469. The summed E-state index contributed by atoms with van der Waals surface area (Å²) >= 11 is 5.96. The van der Waals surface area contributed by atoms with E-state index >= 15 is 0 Å². The van der Waals surface area contributed by atoms with Crippen molar-refractivity contribution >= 4 is 38.7 Å². The number of hydrogen-bond acceptors (Lipinski definition) is 9.